The van der Waals surface area contributed by atoms with Gasteiger partial charge in [-0.15, -0.1) is 0 Å². The number of aliphatic hydroxyl groups excluding tert-OH is 1. The summed E-state index contributed by atoms with van der Waals surface area (Å²) < 4.78 is 12.9. The molecule has 1 N–H and O–H groups in total. The summed E-state index contributed by atoms with van der Waals surface area (Å²) >= 11 is 0. The standard InChI is InChI=1S/C14H21FO/c1-10(2)6-12(9-16)8-13-4-5-14(15)7-11(13)3/h4-5,7,10,12,16H,6,8-9H2,1-3H3. The highest BCUT2D eigenvalue weighted by molar-refractivity contribution is 5.26. The molecule has 1 rings (SSSR count). The summed E-state index contributed by atoms with van der Waals surface area (Å²) in [5.41, 5.74) is 2.11. The molecule has 90 valence electrons. The van der Waals surface area contributed by atoms with Crippen molar-refractivity contribution in [1.29, 1.82) is 0 Å². The summed E-state index contributed by atoms with van der Waals surface area (Å²) in [6.07, 6.45) is 1.84. The van der Waals surface area contributed by atoms with Crippen molar-refractivity contribution in [3.05, 3.63) is 35.1 Å². The number of benzene rings is 1. The van der Waals surface area contributed by atoms with E-state index in [0.29, 0.717) is 5.92 Å². The highest BCUT2D eigenvalue weighted by Crippen LogP contribution is 2.19. The second-order valence-electron chi connectivity index (χ2n) is 4.95. The molecule has 0 heterocycles. The molecule has 0 amide bonds. The van der Waals surface area contributed by atoms with Crippen molar-refractivity contribution in [2.24, 2.45) is 11.8 Å². The predicted octanol–water partition coefficient (Wildman–Crippen LogP) is 3.33. The third kappa shape index (κ3) is 3.93. The van der Waals surface area contributed by atoms with E-state index in [4.69, 9.17) is 0 Å². The Morgan fingerprint density at radius 2 is 2.00 bits per heavy atom. The maximum atomic E-state index is 12.9. The van der Waals surface area contributed by atoms with Gasteiger partial charge >= 0.3 is 0 Å². The van der Waals surface area contributed by atoms with Gasteiger partial charge in [0.05, 0.1) is 0 Å². The zero-order valence-corrected chi connectivity index (χ0v) is 10.3. The molecule has 1 aromatic carbocycles. The summed E-state index contributed by atoms with van der Waals surface area (Å²) in [6, 6.07) is 4.87. The van der Waals surface area contributed by atoms with Crippen molar-refractivity contribution < 1.29 is 9.50 Å². The fraction of sp³-hybridized carbons (Fsp3) is 0.571. The third-order valence-electron chi connectivity index (χ3n) is 2.88. The Bertz CT molecular complexity index is 334. The summed E-state index contributed by atoms with van der Waals surface area (Å²) in [6.45, 7) is 6.43. The monoisotopic (exact) mass is 224 g/mol. The van der Waals surface area contributed by atoms with Crippen LogP contribution in [0.1, 0.15) is 31.4 Å². The lowest BCUT2D eigenvalue weighted by Gasteiger charge is -2.17. The summed E-state index contributed by atoms with van der Waals surface area (Å²) in [5.74, 6) is 0.674. The van der Waals surface area contributed by atoms with Gasteiger partial charge in [0.2, 0.25) is 0 Å². The minimum atomic E-state index is -0.189. The Kier molecular flexibility index (Phi) is 4.94. The predicted molar refractivity (Wildman–Crippen MR) is 64.9 cm³/mol. The van der Waals surface area contributed by atoms with Crippen LogP contribution in [0.15, 0.2) is 18.2 Å². The highest BCUT2D eigenvalue weighted by atomic mass is 19.1. The first kappa shape index (κ1) is 13.2. The van der Waals surface area contributed by atoms with Crippen molar-refractivity contribution in [3.63, 3.8) is 0 Å². The average molecular weight is 224 g/mol. The Morgan fingerprint density at radius 1 is 1.31 bits per heavy atom. The molecule has 1 aromatic rings. The number of rotatable bonds is 5. The van der Waals surface area contributed by atoms with E-state index in [1.54, 1.807) is 6.07 Å². The van der Waals surface area contributed by atoms with E-state index in [1.165, 1.54) is 6.07 Å². The molecule has 1 atom stereocenters. The van der Waals surface area contributed by atoms with Crippen LogP contribution < -0.4 is 0 Å². The van der Waals surface area contributed by atoms with Crippen LogP contribution >= 0.6 is 0 Å². The number of hydrogen-bond acceptors (Lipinski definition) is 1. The molecule has 0 fully saturated rings. The fourth-order valence-electron chi connectivity index (χ4n) is 2.09. The van der Waals surface area contributed by atoms with Gasteiger partial charge in [-0.3, -0.25) is 0 Å². The van der Waals surface area contributed by atoms with Crippen LogP contribution in [0.5, 0.6) is 0 Å². The largest absolute Gasteiger partial charge is 0.396 e. The van der Waals surface area contributed by atoms with Crippen LogP contribution in [-0.2, 0) is 6.42 Å². The van der Waals surface area contributed by atoms with Crippen molar-refractivity contribution in [2.75, 3.05) is 6.61 Å². The topological polar surface area (TPSA) is 20.2 Å². The third-order valence-corrected chi connectivity index (χ3v) is 2.88. The van der Waals surface area contributed by atoms with Crippen molar-refractivity contribution in [3.8, 4) is 0 Å². The van der Waals surface area contributed by atoms with E-state index in [2.05, 4.69) is 13.8 Å². The van der Waals surface area contributed by atoms with Crippen LogP contribution in [0.3, 0.4) is 0 Å². The quantitative estimate of drug-likeness (QED) is 0.813. The van der Waals surface area contributed by atoms with E-state index >= 15 is 0 Å². The number of halogens is 1. The van der Waals surface area contributed by atoms with Crippen molar-refractivity contribution in [2.45, 2.75) is 33.6 Å². The Morgan fingerprint density at radius 3 is 2.50 bits per heavy atom. The smallest absolute Gasteiger partial charge is 0.123 e. The number of hydrogen-bond donors (Lipinski definition) is 1. The molecule has 0 aromatic heterocycles. The van der Waals surface area contributed by atoms with Gasteiger partial charge in [-0.1, -0.05) is 19.9 Å². The first-order chi connectivity index (χ1) is 7.52. The molecule has 0 aliphatic rings. The molecule has 1 nitrogen and oxygen atoms in total. The molecule has 0 saturated carbocycles. The molecular formula is C14H21FO. The van der Waals surface area contributed by atoms with E-state index in [9.17, 15) is 9.50 Å². The molecule has 2 heteroatoms. The van der Waals surface area contributed by atoms with Crippen LogP contribution in [-0.4, -0.2) is 11.7 Å². The van der Waals surface area contributed by atoms with Gasteiger partial charge in [0.25, 0.3) is 0 Å². The molecule has 0 aliphatic heterocycles. The van der Waals surface area contributed by atoms with Gasteiger partial charge in [0.15, 0.2) is 0 Å². The van der Waals surface area contributed by atoms with Gasteiger partial charge < -0.3 is 5.11 Å². The average Bonchev–Trinajstić information content (AvgIpc) is 2.20. The van der Waals surface area contributed by atoms with E-state index in [1.807, 2.05) is 13.0 Å². The Labute approximate surface area is 97.3 Å². The van der Waals surface area contributed by atoms with Crippen LogP contribution in [0.2, 0.25) is 0 Å². The number of aryl methyl sites for hydroxylation is 1. The van der Waals surface area contributed by atoms with Crippen molar-refractivity contribution >= 4 is 0 Å². The normalized spacial score (nSPS) is 13.1. The van der Waals surface area contributed by atoms with Crippen LogP contribution in [0, 0.1) is 24.6 Å². The zero-order chi connectivity index (χ0) is 12.1. The van der Waals surface area contributed by atoms with Gasteiger partial charge in [0.1, 0.15) is 5.82 Å². The molecule has 0 saturated heterocycles. The Hall–Kier alpha value is -0.890. The zero-order valence-electron chi connectivity index (χ0n) is 10.3. The lowest BCUT2D eigenvalue weighted by molar-refractivity contribution is 0.205. The lowest BCUT2D eigenvalue weighted by atomic mass is 9.90. The fourth-order valence-corrected chi connectivity index (χ4v) is 2.09. The SMILES string of the molecule is Cc1cc(F)ccc1CC(CO)CC(C)C. The summed E-state index contributed by atoms with van der Waals surface area (Å²) in [5, 5.41) is 9.31. The molecule has 0 spiro atoms. The maximum absolute atomic E-state index is 12.9. The van der Waals surface area contributed by atoms with E-state index in [-0.39, 0.29) is 18.3 Å². The van der Waals surface area contributed by atoms with Crippen LogP contribution in [0.4, 0.5) is 4.39 Å². The first-order valence-electron chi connectivity index (χ1n) is 5.88. The van der Waals surface area contributed by atoms with Gasteiger partial charge in [-0.25, -0.2) is 4.39 Å². The number of aliphatic hydroxyl groups is 1. The molecule has 0 bridgehead atoms. The van der Waals surface area contributed by atoms with Gasteiger partial charge in [-0.05, 0) is 54.9 Å². The van der Waals surface area contributed by atoms with Gasteiger partial charge in [0, 0.05) is 6.61 Å². The first-order valence-corrected chi connectivity index (χ1v) is 5.88. The van der Waals surface area contributed by atoms with E-state index in [0.717, 1.165) is 24.0 Å². The molecule has 0 aliphatic carbocycles. The minimum Gasteiger partial charge on any atom is -0.396 e. The highest BCUT2D eigenvalue weighted by Gasteiger charge is 2.12. The molecular weight excluding hydrogens is 203 g/mol. The van der Waals surface area contributed by atoms with Crippen LogP contribution in [0.25, 0.3) is 0 Å². The summed E-state index contributed by atoms with van der Waals surface area (Å²) in [4.78, 5) is 0. The minimum absolute atomic E-state index is 0.189. The molecule has 1 unspecified atom stereocenters. The van der Waals surface area contributed by atoms with Gasteiger partial charge in [-0.2, -0.15) is 0 Å². The van der Waals surface area contributed by atoms with E-state index < -0.39 is 0 Å². The molecule has 0 radical (unpaired) electrons. The summed E-state index contributed by atoms with van der Waals surface area (Å²) in [7, 11) is 0. The molecule has 16 heavy (non-hydrogen) atoms. The maximum Gasteiger partial charge on any atom is 0.123 e. The lowest BCUT2D eigenvalue weighted by Crippen LogP contribution is -2.13. The second kappa shape index (κ2) is 6.00. The van der Waals surface area contributed by atoms with Crippen molar-refractivity contribution in [1.82, 2.24) is 0 Å². The second-order valence-corrected chi connectivity index (χ2v) is 4.95. The Balaban J connectivity index is 2.70.